The summed E-state index contributed by atoms with van der Waals surface area (Å²) in [4.78, 5) is 16.5. The molecule has 2 aromatic rings. The van der Waals surface area contributed by atoms with Crippen LogP contribution in [0.5, 0.6) is 0 Å². The molecule has 2 N–H and O–H groups in total. The molecule has 1 unspecified atom stereocenters. The molecule has 1 aromatic heterocycles. The Morgan fingerprint density at radius 2 is 2.11 bits per heavy atom. The maximum absolute atomic E-state index is 12.1. The molecule has 0 bridgehead atoms. The van der Waals surface area contributed by atoms with Crippen LogP contribution in [-0.4, -0.2) is 10.8 Å². The van der Waals surface area contributed by atoms with E-state index < -0.39 is 0 Å². The fraction of sp³-hybridized carbons (Fsp3) is 0.333. The predicted octanol–water partition coefficient (Wildman–Crippen LogP) is 3.44. The molecule has 18 heavy (non-hydrogen) atoms. The van der Waals surface area contributed by atoms with Gasteiger partial charge in [-0.15, -0.1) is 0 Å². The van der Waals surface area contributed by atoms with E-state index in [9.17, 15) is 4.79 Å². The third-order valence-corrected chi connectivity index (χ3v) is 3.26. The Bertz CT molecular complexity index is 578. The number of nitrogen functional groups attached to an aromatic ring is 1. The van der Waals surface area contributed by atoms with Gasteiger partial charge in [0.05, 0.1) is 5.52 Å². The normalized spacial score (nSPS) is 12.6. The number of nitrogens with zero attached hydrogens (tertiary/aromatic N) is 1. The molecule has 0 aliphatic heterocycles. The molecule has 0 aliphatic rings. The topological polar surface area (TPSA) is 56.0 Å². The number of nitrogens with two attached hydrogens (primary N) is 1. The zero-order valence-corrected chi connectivity index (χ0v) is 10.8. The Balaban J connectivity index is 2.37. The number of carbonyl (C=O) groups is 1. The highest BCUT2D eigenvalue weighted by atomic mass is 16.1. The van der Waals surface area contributed by atoms with Crippen molar-refractivity contribution >= 4 is 22.4 Å². The van der Waals surface area contributed by atoms with Gasteiger partial charge in [-0.1, -0.05) is 38.5 Å². The third kappa shape index (κ3) is 2.50. The smallest absolute Gasteiger partial charge is 0.181 e. The second-order valence-electron chi connectivity index (χ2n) is 4.75. The molecule has 0 amide bonds. The summed E-state index contributed by atoms with van der Waals surface area (Å²) in [5.74, 6) is 0.453. The molecule has 94 valence electrons. The number of hydrogen-bond donors (Lipinski definition) is 1. The van der Waals surface area contributed by atoms with Gasteiger partial charge in [0, 0.05) is 17.5 Å². The lowest BCUT2D eigenvalue weighted by molar-refractivity contribution is 0.0959. The first-order valence-electron chi connectivity index (χ1n) is 6.30. The largest absolute Gasteiger partial charge is 0.398 e. The maximum atomic E-state index is 12.1. The van der Waals surface area contributed by atoms with Crippen LogP contribution in [-0.2, 0) is 0 Å². The number of hydrogen-bond acceptors (Lipinski definition) is 3. The molecule has 2 rings (SSSR count). The maximum Gasteiger partial charge on any atom is 0.181 e. The highest BCUT2D eigenvalue weighted by molar-refractivity contribution is 6.00. The molecule has 0 saturated carbocycles. The van der Waals surface area contributed by atoms with Crippen LogP contribution in [0.15, 0.2) is 30.3 Å². The zero-order valence-electron chi connectivity index (χ0n) is 10.8. The van der Waals surface area contributed by atoms with E-state index in [0.717, 1.165) is 17.3 Å². The summed E-state index contributed by atoms with van der Waals surface area (Å²) < 4.78 is 0. The van der Waals surface area contributed by atoms with Crippen molar-refractivity contribution in [3.05, 3.63) is 36.0 Å². The number of ketones is 1. The minimum atomic E-state index is 0.0711. The van der Waals surface area contributed by atoms with Crippen molar-refractivity contribution in [2.45, 2.75) is 26.7 Å². The lowest BCUT2D eigenvalue weighted by Crippen LogP contribution is -2.08. The van der Waals surface area contributed by atoms with E-state index in [4.69, 9.17) is 5.73 Å². The fourth-order valence-electron chi connectivity index (χ4n) is 1.91. The van der Waals surface area contributed by atoms with Crippen LogP contribution in [0.2, 0.25) is 0 Å². The molecule has 3 nitrogen and oxygen atoms in total. The van der Waals surface area contributed by atoms with E-state index in [0.29, 0.717) is 23.7 Å². The highest BCUT2D eigenvalue weighted by Crippen LogP contribution is 2.21. The number of pyridine rings is 1. The molecule has 0 aliphatic carbocycles. The van der Waals surface area contributed by atoms with Crippen molar-refractivity contribution in [2.75, 3.05) is 5.73 Å². The average molecular weight is 242 g/mol. The summed E-state index contributed by atoms with van der Waals surface area (Å²) in [6.45, 7) is 4.16. The first-order valence-corrected chi connectivity index (χ1v) is 6.30. The predicted molar refractivity (Wildman–Crippen MR) is 74.6 cm³/mol. The zero-order chi connectivity index (χ0) is 13.1. The quantitative estimate of drug-likeness (QED) is 0.835. The van der Waals surface area contributed by atoms with Crippen LogP contribution < -0.4 is 5.73 Å². The SMILES string of the molecule is CCC(C)CC(=O)c1cc(N)c2ccccc2n1. The summed E-state index contributed by atoms with van der Waals surface area (Å²) in [6.07, 6.45) is 1.52. The van der Waals surface area contributed by atoms with E-state index >= 15 is 0 Å². The molecule has 0 radical (unpaired) electrons. The monoisotopic (exact) mass is 242 g/mol. The van der Waals surface area contributed by atoms with E-state index in [-0.39, 0.29) is 5.78 Å². The van der Waals surface area contributed by atoms with Crippen LogP contribution in [0.25, 0.3) is 10.9 Å². The third-order valence-electron chi connectivity index (χ3n) is 3.26. The number of anilines is 1. The average Bonchev–Trinajstić information content (AvgIpc) is 2.38. The highest BCUT2D eigenvalue weighted by Gasteiger charge is 2.13. The standard InChI is InChI=1S/C15H18N2O/c1-3-10(2)8-15(18)14-9-12(16)11-6-4-5-7-13(11)17-14/h4-7,9-10H,3,8H2,1-2H3,(H2,16,17). The Labute approximate surface area is 107 Å². The van der Waals surface area contributed by atoms with Gasteiger partial charge in [0.2, 0.25) is 0 Å². The van der Waals surface area contributed by atoms with E-state index in [1.54, 1.807) is 6.07 Å². The molecule has 1 heterocycles. The van der Waals surface area contributed by atoms with Crippen LogP contribution in [0, 0.1) is 5.92 Å². The first kappa shape index (κ1) is 12.6. The molecule has 1 atom stereocenters. The molecular formula is C15H18N2O. The van der Waals surface area contributed by atoms with Crippen molar-refractivity contribution in [3.8, 4) is 0 Å². The van der Waals surface area contributed by atoms with E-state index in [1.807, 2.05) is 24.3 Å². The lowest BCUT2D eigenvalue weighted by atomic mass is 9.99. The van der Waals surface area contributed by atoms with Gasteiger partial charge < -0.3 is 5.73 Å². The Morgan fingerprint density at radius 3 is 2.83 bits per heavy atom. The van der Waals surface area contributed by atoms with Gasteiger partial charge in [-0.3, -0.25) is 4.79 Å². The summed E-state index contributed by atoms with van der Waals surface area (Å²) in [7, 11) is 0. The summed E-state index contributed by atoms with van der Waals surface area (Å²) >= 11 is 0. The Kier molecular flexibility index (Phi) is 3.60. The summed E-state index contributed by atoms with van der Waals surface area (Å²) in [5, 5.41) is 0.901. The van der Waals surface area contributed by atoms with Gasteiger partial charge in [-0.25, -0.2) is 4.98 Å². The van der Waals surface area contributed by atoms with E-state index in [2.05, 4.69) is 18.8 Å². The number of carbonyl (C=O) groups excluding carboxylic acids is 1. The number of fused-ring (bicyclic) bond motifs is 1. The van der Waals surface area contributed by atoms with Crippen LogP contribution in [0.4, 0.5) is 5.69 Å². The van der Waals surface area contributed by atoms with Gasteiger partial charge in [0.1, 0.15) is 5.69 Å². The molecule has 0 spiro atoms. The second kappa shape index (κ2) is 5.17. The van der Waals surface area contributed by atoms with Gasteiger partial charge in [0.25, 0.3) is 0 Å². The molecule has 3 heteroatoms. The Hall–Kier alpha value is -1.90. The van der Waals surface area contributed by atoms with Crippen molar-refractivity contribution in [1.82, 2.24) is 4.98 Å². The minimum Gasteiger partial charge on any atom is -0.398 e. The number of rotatable bonds is 4. The van der Waals surface area contributed by atoms with Crippen LogP contribution in [0.3, 0.4) is 0 Å². The first-order chi connectivity index (χ1) is 8.61. The fourth-order valence-corrected chi connectivity index (χ4v) is 1.91. The number of aromatic nitrogens is 1. The second-order valence-corrected chi connectivity index (χ2v) is 4.75. The van der Waals surface area contributed by atoms with Crippen molar-refractivity contribution in [3.63, 3.8) is 0 Å². The van der Waals surface area contributed by atoms with Crippen molar-refractivity contribution < 1.29 is 4.79 Å². The minimum absolute atomic E-state index is 0.0711. The molecule has 1 aromatic carbocycles. The van der Waals surface area contributed by atoms with Crippen LogP contribution >= 0.6 is 0 Å². The summed E-state index contributed by atoms with van der Waals surface area (Å²) in [6, 6.07) is 9.30. The summed E-state index contributed by atoms with van der Waals surface area (Å²) in [5.41, 5.74) is 7.85. The number of benzene rings is 1. The van der Waals surface area contributed by atoms with Crippen molar-refractivity contribution in [2.24, 2.45) is 5.92 Å². The van der Waals surface area contributed by atoms with Crippen molar-refractivity contribution in [1.29, 1.82) is 0 Å². The number of para-hydroxylation sites is 1. The Morgan fingerprint density at radius 1 is 1.39 bits per heavy atom. The molecule has 0 saturated heterocycles. The lowest BCUT2D eigenvalue weighted by Gasteiger charge is -2.08. The van der Waals surface area contributed by atoms with Gasteiger partial charge in [-0.05, 0) is 18.1 Å². The van der Waals surface area contributed by atoms with Gasteiger partial charge in [-0.2, -0.15) is 0 Å². The van der Waals surface area contributed by atoms with Crippen LogP contribution in [0.1, 0.15) is 37.2 Å². The van der Waals surface area contributed by atoms with Gasteiger partial charge >= 0.3 is 0 Å². The number of Topliss-reactive ketones (excluding diaryl/α,β-unsaturated/α-hetero) is 1. The van der Waals surface area contributed by atoms with Gasteiger partial charge in [0.15, 0.2) is 5.78 Å². The molecular weight excluding hydrogens is 224 g/mol. The van der Waals surface area contributed by atoms with E-state index in [1.165, 1.54) is 0 Å². The molecule has 0 fully saturated rings.